The van der Waals surface area contributed by atoms with Crippen molar-refractivity contribution in [1.29, 1.82) is 0 Å². The molecule has 3 rings (SSSR count). The summed E-state index contributed by atoms with van der Waals surface area (Å²) in [4.78, 5) is 13.6. The molecule has 2 aromatic carbocycles. The monoisotopic (exact) mass is 395 g/mol. The topological polar surface area (TPSA) is 54.4 Å². The van der Waals surface area contributed by atoms with Crippen LogP contribution < -0.4 is 9.47 Å². The SMILES string of the molecule is COc1cc(C=NN2CCN(Cc3ccc(C)cc3C)CC2)ccc1OC(C)=O. The summed E-state index contributed by atoms with van der Waals surface area (Å²) in [5.41, 5.74) is 4.96. The van der Waals surface area contributed by atoms with E-state index in [1.807, 2.05) is 18.3 Å². The molecule has 0 aliphatic carbocycles. The van der Waals surface area contributed by atoms with Crippen LogP contribution >= 0.6 is 0 Å². The molecule has 1 heterocycles. The molecule has 0 bridgehead atoms. The van der Waals surface area contributed by atoms with Gasteiger partial charge in [-0.1, -0.05) is 23.8 Å². The molecule has 0 spiro atoms. The third-order valence-corrected chi connectivity index (χ3v) is 5.05. The number of carbonyl (C=O) groups is 1. The predicted octanol–water partition coefficient (Wildman–Crippen LogP) is 3.39. The van der Waals surface area contributed by atoms with E-state index in [0.29, 0.717) is 11.5 Å². The van der Waals surface area contributed by atoms with E-state index in [-0.39, 0.29) is 5.97 Å². The van der Waals surface area contributed by atoms with Gasteiger partial charge >= 0.3 is 5.97 Å². The van der Waals surface area contributed by atoms with Crippen LogP contribution in [0.1, 0.15) is 29.2 Å². The van der Waals surface area contributed by atoms with E-state index in [4.69, 9.17) is 9.47 Å². The lowest BCUT2D eigenvalue weighted by atomic mass is 10.1. The van der Waals surface area contributed by atoms with Gasteiger partial charge in [0.2, 0.25) is 0 Å². The minimum Gasteiger partial charge on any atom is -0.493 e. The van der Waals surface area contributed by atoms with Gasteiger partial charge in [-0.05, 0) is 48.7 Å². The van der Waals surface area contributed by atoms with Crippen molar-refractivity contribution in [3.05, 3.63) is 58.7 Å². The number of hydrogen-bond donors (Lipinski definition) is 0. The van der Waals surface area contributed by atoms with E-state index in [1.165, 1.54) is 23.6 Å². The highest BCUT2D eigenvalue weighted by molar-refractivity contribution is 5.81. The summed E-state index contributed by atoms with van der Waals surface area (Å²) in [6.45, 7) is 10.4. The van der Waals surface area contributed by atoms with E-state index < -0.39 is 0 Å². The first-order valence-electron chi connectivity index (χ1n) is 9.88. The lowest BCUT2D eigenvalue weighted by molar-refractivity contribution is -0.132. The molecule has 29 heavy (non-hydrogen) atoms. The van der Waals surface area contributed by atoms with Crippen molar-refractivity contribution in [1.82, 2.24) is 9.91 Å². The van der Waals surface area contributed by atoms with Crippen molar-refractivity contribution in [3.8, 4) is 11.5 Å². The number of benzene rings is 2. The van der Waals surface area contributed by atoms with Crippen molar-refractivity contribution in [2.75, 3.05) is 33.3 Å². The molecule has 0 radical (unpaired) electrons. The van der Waals surface area contributed by atoms with E-state index in [0.717, 1.165) is 38.3 Å². The molecule has 0 N–H and O–H groups in total. The summed E-state index contributed by atoms with van der Waals surface area (Å²) >= 11 is 0. The standard InChI is InChI=1S/C23H29N3O3/c1-17-5-7-21(18(2)13-17)16-25-9-11-26(12-10-25)24-15-20-6-8-22(29-19(3)27)23(14-20)28-4/h5-8,13-15H,9-12,16H2,1-4H3. The molecule has 0 atom stereocenters. The first kappa shape index (κ1) is 20.9. The molecule has 6 heteroatoms. The van der Waals surface area contributed by atoms with Crippen molar-refractivity contribution < 1.29 is 14.3 Å². The number of hydrazone groups is 1. The summed E-state index contributed by atoms with van der Waals surface area (Å²) in [5, 5.41) is 6.70. The number of esters is 1. The van der Waals surface area contributed by atoms with Crippen LogP contribution in [-0.4, -0.2) is 55.4 Å². The zero-order chi connectivity index (χ0) is 20.8. The second-order valence-electron chi connectivity index (χ2n) is 7.41. The van der Waals surface area contributed by atoms with Crippen LogP contribution in [0.5, 0.6) is 11.5 Å². The molecule has 0 aromatic heterocycles. The number of rotatable bonds is 6. The number of piperazine rings is 1. The second kappa shape index (κ2) is 9.56. The molecular weight excluding hydrogens is 366 g/mol. The van der Waals surface area contributed by atoms with Crippen LogP contribution in [0.15, 0.2) is 41.5 Å². The average Bonchev–Trinajstić information content (AvgIpc) is 2.70. The Labute approximate surface area is 172 Å². The molecule has 0 amide bonds. The summed E-state index contributed by atoms with van der Waals surface area (Å²) in [7, 11) is 1.55. The lowest BCUT2D eigenvalue weighted by Gasteiger charge is -2.33. The molecule has 154 valence electrons. The van der Waals surface area contributed by atoms with Gasteiger partial charge in [0.15, 0.2) is 11.5 Å². The summed E-state index contributed by atoms with van der Waals surface area (Å²) < 4.78 is 10.4. The summed E-state index contributed by atoms with van der Waals surface area (Å²) in [6.07, 6.45) is 1.82. The number of nitrogens with zero attached hydrogens (tertiary/aromatic N) is 3. The van der Waals surface area contributed by atoms with Crippen LogP contribution in [0.3, 0.4) is 0 Å². The van der Waals surface area contributed by atoms with Crippen LogP contribution in [0.25, 0.3) is 0 Å². The Morgan fingerprint density at radius 2 is 1.83 bits per heavy atom. The fraction of sp³-hybridized carbons (Fsp3) is 0.391. The number of ether oxygens (including phenoxy) is 2. The van der Waals surface area contributed by atoms with Gasteiger partial charge in [-0.25, -0.2) is 0 Å². The molecule has 6 nitrogen and oxygen atoms in total. The highest BCUT2D eigenvalue weighted by Crippen LogP contribution is 2.27. The van der Waals surface area contributed by atoms with Crippen molar-refractivity contribution in [2.45, 2.75) is 27.3 Å². The van der Waals surface area contributed by atoms with Crippen molar-refractivity contribution in [2.24, 2.45) is 5.10 Å². The average molecular weight is 396 g/mol. The Morgan fingerprint density at radius 3 is 2.48 bits per heavy atom. The highest BCUT2D eigenvalue weighted by atomic mass is 16.6. The Balaban J connectivity index is 1.55. The quantitative estimate of drug-likeness (QED) is 0.426. The zero-order valence-corrected chi connectivity index (χ0v) is 17.6. The molecule has 2 aromatic rings. The van der Waals surface area contributed by atoms with Gasteiger partial charge in [0, 0.05) is 39.6 Å². The normalized spacial score (nSPS) is 15.0. The first-order chi connectivity index (χ1) is 13.9. The number of aryl methyl sites for hydroxylation is 2. The zero-order valence-electron chi connectivity index (χ0n) is 17.6. The van der Waals surface area contributed by atoms with Crippen LogP contribution in [0.2, 0.25) is 0 Å². The maximum Gasteiger partial charge on any atom is 0.308 e. The molecule has 1 saturated heterocycles. The Bertz CT molecular complexity index is 887. The van der Waals surface area contributed by atoms with Crippen LogP contribution in [-0.2, 0) is 11.3 Å². The van der Waals surface area contributed by atoms with Gasteiger partial charge in [0.05, 0.1) is 13.3 Å². The van der Waals surface area contributed by atoms with Gasteiger partial charge in [0.1, 0.15) is 0 Å². The largest absolute Gasteiger partial charge is 0.493 e. The van der Waals surface area contributed by atoms with Crippen molar-refractivity contribution in [3.63, 3.8) is 0 Å². The maximum atomic E-state index is 11.2. The molecule has 0 saturated carbocycles. The minimum absolute atomic E-state index is 0.372. The van der Waals surface area contributed by atoms with E-state index in [2.05, 4.69) is 47.1 Å². The third-order valence-electron chi connectivity index (χ3n) is 5.05. The highest BCUT2D eigenvalue weighted by Gasteiger charge is 2.16. The van der Waals surface area contributed by atoms with Crippen molar-refractivity contribution >= 4 is 12.2 Å². The fourth-order valence-corrected chi connectivity index (χ4v) is 3.43. The molecule has 1 aliphatic heterocycles. The number of hydrogen-bond acceptors (Lipinski definition) is 6. The first-order valence-corrected chi connectivity index (χ1v) is 9.88. The van der Waals surface area contributed by atoms with Gasteiger partial charge in [-0.3, -0.25) is 14.7 Å². The predicted molar refractivity (Wildman–Crippen MR) is 115 cm³/mol. The smallest absolute Gasteiger partial charge is 0.308 e. The van der Waals surface area contributed by atoms with Crippen LogP contribution in [0, 0.1) is 13.8 Å². The van der Waals surface area contributed by atoms with Gasteiger partial charge in [-0.15, -0.1) is 0 Å². The van der Waals surface area contributed by atoms with E-state index in [1.54, 1.807) is 13.2 Å². The Kier molecular flexibility index (Phi) is 6.88. The number of methoxy groups -OCH3 is 1. The maximum absolute atomic E-state index is 11.2. The lowest BCUT2D eigenvalue weighted by Crippen LogP contribution is -2.43. The fourth-order valence-electron chi connectivity index (χ4n) is 3.43. The number of carbonyl (C=O) groups excluding carboxylic acids is 1. The molecular formula is C23H29N3O3. The van der Waals surface area contributed by atoms with Gasteiger partial charge in [0.25, 0.3) is 0 Å². The third kappa shape index (κ3) is 5.81. The molecule has 1 fully saturated rings. The van der Waals surface area contributed by atoms with E-state index >= 15 is 0 Å². The Morgan fingerprint density at radius 1 is 1.07 bits per heavy atom. The van der Waals surface area contributed by atoms with Crippen LogP contribution in [0.4, 0.5) is 0 Å². The molecule has 1 aliphatic rings. The van der Waals surface area contributed by atoms with E-state index in [9.17, 15) is 4.79 Å². The molecule has 0 unspecified atom stereocenters. The summed E-state index contributed by atoms with van der Waals surface area (Å²) in [5.74, 6) is 0.558. The Hall–Kier alpha value is -2.86. The summed E-state index contributed by atoms with van der Waals surface area (Å²) in [6, 6.07) is 12.1. The van der Waals surface area contributed by atoms with Gasteiger partial charge < -0.3 is 9.47 Å². The minimum atomic E-state index is -0.372. The van der Waals surface area contributed by atoms with Gasteiger partial charge in [-0.2, -0.15) is 5.10 Å². The second-order valence-corrected chi connectivity index (χ2v) is 7.41.